The van der Waals surface area contributed by atoms with Crippen molar-refractivity contribution in [3.63, 3.8) is 0 Å². The summed E-state index contributed by atoms with van der Waals surface area (Å²) >= 11 is 0. The van der Waals surface area contributed by atoms with Crippen molar-refractivity contribution in [3.8, 4) is 39.8 Å². The Kier molecular flexibility index (Phi) is 4.13. The highest BCUT2D eigenvalue weighted by atomic mass is 15.1. The van der Waals surface area contributed by atoms with Crippen LogP contribution >= 0.6 is 0 Å². The Morgan fingerprint density at radius 3 is 1.70 bits per heavy atom. The van der Waals surface area contributed by atoms with E-state index in [4.69, 9.17) is 20.1 Å². The van der Waals surface area contributed by atoms with Gasteiger partial charge in [-0.2, -0.15) is 0 Å². The predicted molar refractivity (Wildman–Crippen MR) is 232 cm³/mol. The highest BCUT2D eigenvalue weighted by Crippen LogP contribution is 2.42. The van der Waals surface area contributed by atoms with Gasteiger partial charge in [0.2, 0.25) is 0 Å². The average Bonchev–Trinajstić information content (AvgIpc) is 4.06. The van der Waals surface area contributed by atoms with Crippen molar-refractivity contribution in [3.05, 3.63) is 188 Å². The highest BCUT2D eigenvalue weighted by Gasteiger charge is 2.24. The second kappa shape index (κ2) is 12.3. The molecule has 0 N–H and O–H groups in total. The number of aromatic nitrogens is 7. The van der Waals surface area contributed by atoms with Crippen molar-refractivity contribution >= 4 is 65.4 Å². The molecule has 0 radical (unpaired) electrons. The van der Waals surface area contributed by atoms with E-state index in [0.29, 0.717) is 38.2 Å². The molecule has 0 aliphatic carbocycles. The van der Waals surface area contributed by atoms with Crippen LogP contribution < -0.4 is 0 Å². The number of para-hydroxylation sites is 5. The van der Waals surface area contributed by atoms with E-state index < -0.39 is 137 Å². The minimum absolute atomic E-state index is 0.00396. The van der Waals surface area contributed by atoms with Gasteiger partial charge >= 0.3 is 0 Å². The Bertz CT molecular complexity index is 4330. The van der Waals surface area contributed by atoms with Gasteiger partial charge in [-0.05, 0) is 42.4 Å². The summed E-state index contributed by atoms with van der Waals surface area (Å²) in [6.07, 6.45) is 6.37. The minimum atomic E-state index is -0.795. The van der Waals surface area contributed by atoms with Gasteiger partial charge in [-0.3, -0.25) is 14.5 Å². The Morgan fingerprint density at radius 1 is 0.439 bits per heavy atom. The van der Waals surface area contributed by atoms with Crippen LogP contribution in [0.4, 0.5) is 0 Å². The van der Waals surface area contributed by atoms with Crippen LogP contribution in [0.5, 0.6) is 0 Å². The van der Waals surface area contributed by atoms with E-state index in [2.05, 4.69) is 15.0 Å². The molecule has 7 nitrogen and oxygen atoms in total. The summed E-state index contributed by atoms with van der Waals surface area (Å²) in [7, 11) is 0. The van der Waals surface area contributed by atoms with Gasteiger partial charge < -0.3 is 9.13 Å². The molecule has 0 bridgehead atoms. The maximum atomic E-state index is 10.4. The Hall–Kier alpha value is -7.90. The normalized spacial score (nSPS) is 16.0. The first-order valence-corrected chi connectivity index (χ1v) is 17.7. The minimum Gasteiger partial charge on any atom is -0.306 e. The number of pyridine rings is 2. The molecular weight excluding hydrogens is 699 g/mol. The largest absolute Gasteiger partial charge is 0.306 e. The first kappa shape index (κ1) is 19.1. The fourth-order valence-corrected chi connectivity index (χ4v) is 7.78. The molecule has 0 saturated carbocycles. The van der Waals surface area contributed by atoms with Gasteiger partial charge in [-0.15, -0.1) is 0 Å². The van der Waals surface area contributed by atoms with Crippen LogP contribution in [-0.4, -0.2) is 33.6 Å². The number of hydrogen-bond acceptors (Lipinski definition) is 4. The summed E-state index contributed by atoms with van der Waals surface area (Å²) in [5, 5.41) is 2.08. The quantitative estimate of drug-likeness (QED) is 0.176. The molecule has 0 amide bonds. The van der Waals surface area contributed by atoms with E-state index in [1.807, 2.05) is 30.3 Å². The van der Waals surface area contributed by atoms with E-state index in [0.717, 1.165) is 9.95 Å². The highest BCUT2D eigenvalue weighted by molar-refractivity contribution is 6.12. The number of nitrogens with zero attached hydrogens (tertiary/aromatic N) is 7. The summed E-state index contributed by atoms with van der Waals surface area (Å²) < 4.78 is 160. The maximum absolute atomic E-state index is 10.4. The van der Waals surface area contributed by atoms with Crippen molar-refractivity contribution < 1.29 is 23.3 Å². The van der Waals surface area contributed by atoms with Crippen LogP contribution in [0.25, 0.3) is 105 Å². The van der Waals surface area contributed by atoms with E-state index >= 15 is 0 Å². The SMILES string of the molecule is [2H]c1c(-c2c([2H])c([2H])c([2H])c(-n3c4ccccc4c4ccncc43)c2-n2c3ccccc3c3ccncc32)nc(-c2c([2H])c([2H])c([2H])c([2H])c2[2H])nc1-n1c2c([2H])c([2H])c([2H])c([2H])c2c2c([2H])c([2H])c([2H])c([2H])c21. The predicted octanol–water partition coefficient (Wildman–Crippen LogP) is 11.9. The molecule has 57 heavy (non-hydrogen) atoms. The van der Waals surface area contributed by atoms with Crippen molar-refractivity contribution in [1.82, 2.24) is 33.6 Å². The van der Waals surface area contributed by atoms with Crippen LogP contribution in [0, 0.1) is 0 Å². The van der Waals surface area contributed by atoms with E-state index in [1.54, 1.807) is 64.3 Å². The molecule has 0 saturated heterocycles. The molecule has 6 heterocycles. The maximum Gasteiger partial charge on any atom is 0.162 e. The second-order valence-electron chi connectivity index (χ2n) is 13.1. The molecular formula is C50H31N7. The van der Waals surface area contributed by atoms with Gasteiger partial charge in [0.15, 0.2) is 5.82 Å². The fraction of sp³-hybridized carbons (Fsp3) is 0. The average molecular weight is 747 g/mol. The second-order valence-corrected chi connectivity index (χ2v) is 13.1. The standard InChI is InChI=1S/C50H31N7/c1-2-13-32(14-3-1)50-53-40(29-48(54-50)56-42-21-9-5-15-33(42)34-16-6-10-22-43(34)56)39-19-12-24-45(55-41-20-8-4-17-35(41)37-25-27-51-30-46(37)55)49(39)57-44-23-11-7-18-36(44)38-26-28-52-31-47(38)57/h1-31H/i1D,2D,3D,5D,6D,9D,10D,12D,13D,14D,15D,16D,19D,21D,22D,24D,29D. The molecule has 0 aliphatic heterocycles. The monoisotopic (exact) mass is 746 g/mol. The van der Waals surface area contributed by atoms with E-state index in [9.17, 15) is 8.22 Å². The first-order chi connectivity index (χ1) is 35.4. The molecule has 12 aromatic rings. The zero-order chi connectivity index (χ0) is 52.2. The summed E-state index contributed by atoms with van der Waals surface area (Å²) in [5.74, 6) is -1.33. The molecule has 0 atom stereocenters. The van der Waals surface area contributed by atoms with Crippen molar-refractivity contribution in [2.75, 3.05) is 0 Å². The Labute approximate surface area is 350 Å². The van der Waals surface area contributed by atoms with Crippen LogP contribution in [0.3, 0.4) is 0 Å². The van der Waals surface area contributed by atoms with Crippen molar-refractivity contribution in [2.45, 2.75) is 0 Å². The molecule has 0 unspecified atom stereocenters. The van der Waals surface area contributed by atoms with Gasteiger partial charge in [-0.1, -0.05) is 115 Å². The molecule has 12 rings (SSSR count). The fourth-order valence-electron chi connectivity index (χ4n) is 7.78. The van der Waals surface area contributed by atoms with Crippen molar-refractivity contribution in [1.29, 1.82) is 0 Å². The Balaban J connectivity index is 1.37. The van der Waals surface area contributed by atoms with Gasteiger partial charge in [-0.25, -0.2) is 9.97 Å². The topological polar surface area (TPSA) is 66.3 Å². The summed E-state index contributed by atoms with van der Waals surface area (Å²) in [4.78, 5) is 18.4. The third kappa shape index (κ3) is 4.66. The lowest BCUT2D eigenvalue weighted by molar-refractivity contribution is 1.04. The van der Waals surface area contributed by atoms with Crippen LogP contribution in [0.2, 0.25) is 0 Å². The van der Waals surface area contributed by atoms with Crippen molar-refractivity contribution in [2.24, 2.45) is 0 Å². The zero-order valence-corrected chi connectivity index (χ0v) is 29.2. The summed E-state index contributed by atoms with van der Waals surface area (Å²) in [6, 6.07) is 5.78. The van der Waals surface area contributed by atoms with Gasteiger partial charge in [0.25, 0.3) is 0 Å². The van der Waals surface area contributed by atoms with E-state index in [1.165, 1.54) is 0 Å². The lowest BCUT2D eigenvalue weighted by atomic mass is 10.1. The zero-order valence-electron chi connectivity index (χ0n) is 46.2. The smallest absolute Gasteiger partial charge is 0.162 e. The van der Waals surface area contributed by atoms with Crippen LogP contribution in [0.1, 0.15) is 23.3 Å². The van der Waals surface area contributed by atoms with Gasteiger partial charge in [0.1, 0.15) is 5.82 Å². The summed E-state index contributed by atoms with van der Waals surface area (Å²) in [6.45, 7) is 0. The molecule has 0 fully saturated rings. The van der Waals surface area contributed by atoms with E-state index in [-0.39, 0.29) is 27.7 Å². The molecule has 7 heteroatoms. The molecule has 6 aromatic carbocycles. The Morgan fingerprint density at radius 2 is 1.02 bits per heavy atom. The lowest BCUT2D eigenvalue weighted by Crippen LogP contribution is -2.08. The van der Waals surface area contributed by atoms with Gasteiger partial charge in [0, 0.05) is 61.9 Å². The number of fused-ring (bicyclic) bond motifs is 9. The summed E-state index contributed by atoms with van der Waals surface area (Å²) in [5.41, 5.74) is -0.424. The molecule has 6 aromatic heterocycles. The third-order valence-corrected chi connectivity index (χ3v) is 10.1. The lowest BCUT2D eigenvalue weighted by Gasteiger charge is -2.21. The molecule has 266 valence electrons. The number of rotatable bonds is 5. The number of hydrogen-bond donors (Lipinski definition) is 0. The number of benzene rings is 6. The van der Waals surface area contributed by atoms with Crippen LogP contribution in [0.15, 0.2) is 188 Å². The van der Waals surface area contributed by atoms with Crippen LogP contribution in [-0.2, 0) is 0 Å². The van der Waals surface area contributed by atoms with Gasteiger partial charge in [0.05, 0.1) is 85.9 Å². The molecule has 0 spiro atoms. The first-order valence-electron chi connectivity index (χ1n) is 26.2. The molecule has 0 aliphatic rings. The third-order valence-electron chi connectivity index (χ3n) is 10.1.